The summed E-state index contributed by atoms with van der Waals surface area (Å²) in [6, 6.07) is 0. The van der Waals surface area contributed by atoms with E-state index in [9.17, 15) is 0 Å². The van der Waals surface area contributed by atoms with Crippen LogP contribution in [0.2, 0.25) is 39.3 Å². The average molecular weight is 326 g/mol. The van der Waals surface area contributed by atoms with Gasteiger partial charge >= 0.3 is 18.9 Å². The van der Waals surface area contributed by atoms with E-state index in [2.05, 4.69) is 95.3 Å². The van der Waals surface area contributed by atoms with Gasteiger partial charge in [0.15, 0.2) is 0 Å². The van der Waals surface area contributed by atoms with Crippen LogP contribution in [0.5, 0.6) is 0 Å². The maximum atomic E-state index is 2.53. The molecule has 0 rings (SSSR count). The van der Waals surface area contributed by atoms with Crippen molar-refractivity contribution in [2.45, 2.75) is 39.3 Å². The molecule has 3 nitrogen and oxygen atoms in total. The van der Waals surface area contributed by atoms with Gasteiger partial charge in [0.05, 0.1) is 0 Å². The third-order valence-corrected chi connectivity index (χ3v) is 26.6. The topological polar surface area (TPSA) is 9.72 Å². The quantitative estimate of drug-likeness (QED) is 0.481. The molecule has 0 spiro atoms. The van der Waals surface area contributed by atoms with Gasteiger partial charge in [-0.3, -0.25) is 4.79 Å². The van der Waals surface area contributed by atoms with Crippen molar-refractivity contribution >= 4 is 24.7 Å². The van der Waals surface area contributed by atoms with E-state index in [1.807, 2.05) is 4.79 Å². The summed E-state index contributed by atoms with van der Waals surface area (Å²) < 4.78 is 7.58. The molecule has 7 heteroatoms. The second-order valence-corrected chi connectivity index (χ2v) is 22.8. The van der Waals surface area contributed by atoms with Crippen molar-refractivity contribution in [2.24, 2.45) is 0 Å². The number of hydrogen-bond donors (Lipinski definition) is 0. The van der Waals surface area contributed by atoms with Crippen LogP contribution in [0.3, 0.4) is 0 Å². The average Bonchev–Trinajstić information content (AvgIpc) is 2.14. The van der Waals surface area contributed by atoms with E-state index in [0.717, 1.165) is 0 Å². The Morgan fingerprint density at radius 1 is 0.500 bits per heavy atom. The maximum Gasteiger partial charge on any atom is 1.00 e. The normalized spacial score (nSPS) is 14.4. The van der Waals surface area contributed by atoms with Crippen molar-refractivity contribution in [1.29, 1.82) is 0 Å². The van der Waals surface area contributed by atoms with Gasteiger partial charge in [0.25, 0.3) is 0 Å². The summed E-state index contributed by atoms with van der Waals surface area (Å²) in [6.07, 6.45) is 0. The van der Waals surface area contributed by atoms with Gasteiger partial charge in [0.1, 0.15) is 0 Å². The number of rotatable bonds is 6. The fourth-order valence-electron chi connectivity index (χ4n) is 2.92. The van der Waals surface area contributed by atoms with Gasteiger partial charge in [0.2, 0.25) is 0 Å². The minimum absolute atomic E-state index is 0. The predicted octanol–water partition coefficient (Wildman–Crippen LogP) is -0.517. The third-order valence-electron chi connectivity index (χ3n) is 5.19. The molecular formula is C13H36LiN3Si3. The monoisotopic (exact) mass is 325 g/mol. The minimum atomic E-state index is -1.52. The molecule has 0 bridgehead atoms. The Labute approximate surface area is 143 Å². The van der Waals surface area contributed by atoms with Gasteiger partial charge in [0, 0.05) is 0 Å². The molecule has 0 unspecified atom stereocenters. The summed E-state index contributed by atoms with van der Waals surface area (Å²) in [5.74, 6) is 0. The first-order valence-corrected chi connectivity index (χ1v) is 15.9. The Morgan fingerprint density at radius 2 is 0.650 bits per heavy atom. The molecule has 0 aromatic carbocycles. The van der Waals surface area contributed by atoms with Crippen molar-refractivity contribution in [3.8, 4) is 0 Å². The largest absolute Gasteiger partial charge is 1.00 e. The summed E-state index contributed by atoms with van der Waals surface area (Å²) in [5, 5.41) is 0. The molecule has 0 aliphatic rings. The number of hydrogen-bond acceptors (Lipinski definition) is 3. The van der Waals surface area contributed by atoms with Gasteiger partial charge in [-0.25, -0.2) is 0 Å². The Morgan fingerprint density at radius 3 is 0.750 bits per heavy atom. The van der Waals surface area contributed by atoms with Crippen LogP contribution in [0.25, 0.3) is 0 Å². The third kappa shape index (κ3) is 4.56. The summed E-state index contributed by atoms with van der Waals surface area (Å²) in [7, 11) is 9.07. The summed E-state index contributed by atoms with van der Waals surface area (Å²) in [6.45, 7) is 15.2. The summed E-state index contributed by atoms with van der Waals surface area (Å²) in [4.78, 5) is 1.94. The van der Waals surface area contributed by atoms with E-state index in [1.54, 1.807) is 0 Å². The second kappa shape index (κ2) is 7.60. The van der Waals surface area contributed by atoms with E-state index in [-0.39, 0.29) is 18.9 Å². The number of nitrogens with zero attached hydrogens (tertiary/aromatic N) is 3. The Kier molecular flexibility index (Phi) is 8.89. The van der Waals surface area contributed by atoms with Crippen molar-refractivity contribution in [1.82, 2.24) is 13.7 Å². The fourth-order valence-corrected chi connectivity index (χ4v) is 26.2. The van der Waals surface area contributed by atoms with Crippen LogP contribution < -0.4 is 18.9 Å². The molecule has 0 aromatic rings. The minimum Gasteiger partial charge on any atom is -0.357 e. The van der Waals surface area contributed by atoms with E-state index in [4.69, 9.17) is 0 Å². The van der Waals surface area contributed by atoms with Crippen LogP contribution in [0, 0.1) is 4.79 Å². The molecule has 0 saturated carbocycles. The van der Waals surface area contributed by atoms with Gasteiger partial charge in [-0.05, 0) is 67.0 Å². The Hall–Kier alpha value is 1.13. The summed E-state index contributed by atoms with van der Waals surface area (Å²) >= 11 is 0. The Balaban J connectivity index is 0. The first-order valence-electron chi connectivity index (χ1n) is 7.10. The molecule has 116 valence electrons. The van der Waals surface area contributed by atoms with Crippen molar-refractivity contribution in [3.63, 3.8) is 0 Å². The molecule has 20 heavy (non-hydrogen) atoms. The zero-order chi connectivity index (χ0) is 15.8. The van der Waals surface area contributed by atoms with E-state index >= 15 is 0 Å². The molecular weight excluding hydrogens is 289 g/mol. The van der Waals surface area contributed by atoms with Gasteiger partial charge in [-0.15, -0.1) is 0 Å². The fraction of sp³-hybridized carbons (Fsp3) is 0.923. The molecule has 0 N–H and O–H groups in total. The van der Waals surface area contributed by atoms with Crippen LogP contribution in [0.4, 0.5) is 0 Å². The first kappa shape index (κ1) is 23.4. The van der Waals surface area contributed by atoms with Gasteiger partial charge < -0.3 is 13.7 Å². The van der Waals surface area contributed by atoms with Crippen LogP contribution in [-0.2, 0) is 0 Å². The first-order chi connectivity index (χ1) is 8.20. The maximum absolute atomic E-state index is 2.53. The predicted molar refractivity (Wildman–Crippen MR) is 96.8 cm³/mol. The molecule has 0 fully saturated rings. The van der Waals surface area contributed by atoms with Gasteiger partial charge in [-0.1, -0.05) is 39.3 Å². The molecule has 0 amide bonds. The second-order valence-electron chi connectivity index (χ2n) is 7.74. The molecule has 0 saturated heterocycles. The van der Waals surface area contributed by atoms with Crippen molar-refractivity contribution < 1.29 is 18.9 Å². The molecule has 0 atom stereocenters. The van der Waals surface area contributed by atoms with Crippen molar-refractivity contribution in [2.75, 3.05) is 42.3 Å². The zero-order valence-corrected chi connectivity index (χ0v) is 19.3. The molecule has 0 aliphatic heterocycles. The van der Waals surface area contributed by atoms with Crippen LogP contribution in [0.1, 0.15) is 0 Å². The molecule has 0 radical (unpaired) electrons. The smallest absolute Gasteiger partial charge is 0.357 e. The zero-order valence-electron chi connectivity index (χ0n) is 16.3. The molecule has 0 heterocycles. The SMILES string of the molecule is CN(C)[Si](C)(C)[C-]([Si](C)(C)N(C)C)[Si](C)(C)N(C)C.[Li+]. The van der Waals surface area contributed by atoms with Crippen LogP contribution in [-0.4, -0.2) is 80.7 Å². The van der Waals surface area contributed by atoms with E-state index in [0.29, 0.717) is 0 Å². The standard InChI is InChI=1S/C13H36N3Si3.Li/c1-14(2)17(7,8)13(18(9,10)15(3)4)19(11,12)16(5)6;/h1-12H3;/q-1;+1. The van der Waals surface area contributed by atoms with Crippen LogP contribution in [0.15, 0.2) is 0 Å². The van der Waals surface area contributed by atoms with Gasteiger partial charge in [-0.2, -0.15) is 0 Å². The molecule has 0 aromatic heterocycles. The van der Waals surface area contributed by atoms with Crippen molar-refractivity contribution in [3.05, 3.63) is 4.79 Å². The Bertz CT molecular complexity index is 258. The van der Waals surface area contributed by atoms with Crippen LogP contribution >= 0.6 is 0 Å². The van der Waals surface area contributed by atoms with E-state index in [1.165, 1.54) is 0 Å². The van der Waals surface area contributed by atoms with E-state index < -0.39 is 24.7 Å². The summed E-state index contributed by atoms with van der Waals surface area (Å²) in [5.41, 5.74) is 0. The molecule has 0 aliphatic carbocycles.